The molecule has 3 aliphatic rings. The van der Waals surface area contributed by atoms with E-state index in [4.69, 9.17) is 4.74 Å². The SMILES string of the molecule is C=CCN(C(=O)[C@@H]1[C@H]2C(=O)N([C@@H](CO)CC(C)C)C(C(=O)N(CC=C)C(C)C)C23CC[C@H]1O3)c1ccccc1. The number of nitrogens with zero attached hydrogens (tertiary/aromatic N) is 3. The Hall–Kier alpha value is -2.97. The van der Waals surface area contributed by atoms with Crippen molar-refractivity contribution < 1.29 is 24.2 Å². The topological polar surface area (TPSA) is 90.4 Å². The van der Waals surface area contributed by atoms with Crippen LogP contribution >= 0.6 is 0 Å². The minimum absolute atomic E-state index is 0.127. The van der Waals surface area contributed by atoms with Crippen LogP contribution in [0.4, 0.5) is 5.69 Å². The van der Waals surface area contributed by atoms with Crippen LogP contribution in [0, 0.1) is 17.8 Å². The number of carbonyl (C=O) groups excluding carboxylic acids is 3. The van der Waals surface area contributed by atoms with Gasteiger partial charge in [-0.3, -0.25) is 14.4 Å². The zero-order valence-corrected chi connectivity index (χ0v) is 23.7. The van der Waals surface area contributed by atoms with Crippen molar-refractivity contribution in [2.24, 2.45) is 17.8 Å². The predicted molar refractivity (Wildman–Crippen MR) is 151 cm³/mol. The van der Waals surface area contributed by atoms with Crippen LogP contribution in [0.25, 0.3) is 0 Å². The van der Waals surface area contributed by atoms with E-state index in [1.807, 2.05) is 58.0 Å². The molecule has 4 rings (SSSR count). The lowest BCUT2D eigenvalue weighted by atomic mass is 9.70. The van der Waals surface area contributed by atoms with Gasteiger partial charge in [0.2, 0.25) is 17.7 Å². The normalized spacial score (nSPS) is 28.1. The number of anilines is 1. The monoisotopic (exact) mass is 537 g/mol. The summed E-state index contributed by atoms with van der Waals surface area (Å²) in [7, 11) is 0. The summed E-state index contributed by atoms with van der Waals surface area (Å²) >= 11 is 0. The first-order chi connectivity index (χ1) is 18.6. The van der Waals surface area contributed by atoms with Crippen LogP contribution in [0.3, 0.4) is 0 Å². The second kappa shape index (κ2) is 11.6. The van der Waals surface area contributed by atoms with E-state index in [1.165, 1.54) is 0 Å². The minimum Gasteiger partial charge on any atom is -0.394 e. The highest BCUT2D eigenvalue weighted by Crippen LogP contribution is 2.59. The number of aliphatic hydroxyl groups is 1. The number of ether oxygens (including phenoxy) is 1. The van der Waals surface area contributed by atoms with E-state index < -0.39 is 35.6 Å². The third kappa shape index (κ3) is 4.93. The highest BCUT2D eigenvalue weighted by molar-refractivity contribution is 6.03. The van der Waals surface area contributed by atoms with Crippen molar-refractivity contribution in [3.8, 4) is 0 Å². The standard InChI is InChI=1S/C31H43N3O5/c1-7-16-32(21(5)6)30(38)27-31-15-14-24(39-31)25(26(31)29(37)34(27)23(19-35)18-20(3)4)28(36)33(17-8-2)22-12-10-9-11-13-22/h7-13,20-21,23-27,35H,1-2,14-19H2,3-6H3/t23-,24-,25+,26+,27?,31?/m1/s1. The van der Waals surface area contributed by atoms with E-state index in [2.05, 4.69) is 13.2 Å². The molecule has 0 aliphatic carbocycles. The minimum atomic E-state index is -1.12. The van der Waals surface area contributed by atoms with E-state index in [0.29, 0.717) is 32.4 Å². The van der Waals surface area contributed by atoms with Gasteiger partial charge in [-0.15, -0.1) is 13.2 Å². The van der Waals surface area contributed by atoms with Crippen LogP contribution in [0.2, 0.25) is 0 Å². The highest BCUT2D eigenvalue weighted by atomic mass is 16.5. The molecule has 0 radical (unpaired) electrons. The Labute approximate surface area is 232 Å². The van der Waals surface area contributed by atoms with Crippen LogP contribution < -0.4 is 4.90 Å². The van der Waals surface area contributed by atoms with Gasteiger partial charge >= 0.3 is 0 Å². The molecular weight excluding hydrogens is 494 g/mol. The van der Waals surface area contributed by atoms with Gasteiger partial charge in [-0.1, -0.05) is 44.2 Å². The van der Waals surface area contributed by atoms with Gasteiger partial charge in [-0.2, -0.15) is 0 Å². The van der Waals surface area contributed by atoms with Crippen molar-refractivity contribution in [2.45, 2.75) is 76.8 Å². The van der Waals surface area contributed by atoms with Gasteiger partial charge in [0.1, 0.15) is 11.6 Å². The van der Waals surface area contributed by atoms with Crippen molar-refractivity contribution >= 4 is 23.4 Å². The Bertz CT molecular complexity index is 1090. The number of fused-ring (bicyclic) bond motifs is 1. The van der Waals surface area contributed by atoms with Crippen LogP contribution in [0.15, 0.2) is 55.6 Å². The maximum Gasteiger partial charge on any atom is 0.248 e. The Morgan fingerprint density at radius 1 is 1.13 bits per heavy atom. The number of para-hydroxylation sites is 1. The van der Waals surface area contributed by atoms with Crippen LogP contribution in [0.5, 0.6) is 0 Å². The molecule has 1 aromatic carbocycles. The van der Waals surface area contributed by atoms with Crippen molar-refractivity contribution in [3.05, 3.63) is 55.6 Å². The summed E-state index contributed by atoms with van der Waals surface area (Å²) < 4.78 is 6.63. The first kappa shape index (κ1) is 29.0. The van der Waals surface area contributed by atoms with Gasteiger partial charge < -0.3 is 24.5 Å². The average molecular weight is 538 g/mol. The smallest absolute Gasteiger partial charge is 0.248 e. The zero-order valence-electron chi connectivity index (χ0n) is 23.7. The number of hydrogen-bond donors (Lipinski definition) is 1. The highest BCUT2D eigenvalue weighted by Gasteiger charge is 2.75. The quantitative estimate of drug-likeness (QED) is 0.413. The summed E-state index contributed by atoms with van der Waals surface area (Å²) in [4.78, 5) is 47.9. The van der Waals surface area contributed by atoms with Gasteiger partial charge in [-0.25, -0.2) is 0 Å². The molecule has 1 spiro atoms. The molecule has 1 aromatic rings. The second-order valence-corrected chi connectivity index (χ2v) is 11.7. The second-order valence-electron chi connectivity index (χ2n) is 11.7. The van der Waals surface area contributed by atoms with Gasteiger partial charge in [0, 0.05) is 24.8 Å². The van der Waals surface area contributed by atoms with E-state index >= 15 is 0 Å². The Morgan fingerprint density at radius 3 is 2.36 bits per heavy atom. The Balaban J connectivity index is 1.80. The maximum atomic E-state index is 14.4. The molecule has 3 saturated heterocycles. The molecule has 0 saturated carbocycles. The van der Waals surface area contributed by atoms with E-state index in [-0.39, 0.29) is 36.3 Å². The lowest BCUT2D eigenvalue weighted by Gasteiger charge is -2.40. The summed E-state index contributed by atoms with van der Waals surface area (Å²) in [6.45, 7) is 15.9. The molecule has 3 heterocycles. The fraction of sp³-hybridized carbons (Fsp3) is 0.581. The largest absolute Gasteiger partial charge is 0.394 e. The van der Waals surface area contributed by atoms with E-state index in [0.717, 1.165) is 5.69 Å². The number of hydrogen-bond acceptors (Lipinski definition) is 5. The number of rotatable bonds is 12. The average Bonchev–Trinajstić information content (AvgIpc) is 3.56. The molecule has 2 bridgehead atoms. The lowest BCUT2D eigenvalue weighted by molar-refractivity contribution is -0.152. The molecule has 1 N–H and O–H groups in total. The molecular formula is C31H43N3O5. The number of carbonyl (C=O) groups is 3. The molecule has 0 aromatic heterocycles. The molecule has 3 amide bonds. The lowest BCUT2D eigenvalue weighted by Crippen LogP contribution is -2.60. The Morgan fingerprint density at radius 2 is 1.79 bits per heavy atom. The van der Waals surface area contributed by atoms with Gasteiger partial charge in [0.15, 0.2) is 0 Å². The fourth-order valence-corrected chi connectivity index (χ4v) is 6.96. The molecule has 3 fully saturated rings. The van der Waals surface area contributed by atoms with Crippen molar-refractivity contribution in [2.75, 3.05) is 24.6 Å². The maximum absolute atomic E-state index is 14.4. The number of amides is 3. The van der Waals surface area contributed by atoms with E-state index in [9.17, 15) is 19.5 Å². The van der Waals surface area contributed by atoms with Crippen molar-refractivity contribution in [3.63, 3.8) is 0 Å². The summed E-state index contributed by atoms with van der Waals surface area (Å²) in [6, 6.07) is 7.75. The molecule has 212 valence electrons. The molecule has 39 heavy (non-hydrogen) atoms. The molecule has 8 heteroatoms. The first-order valence-corrected chi connectivity index (χ1v) is 14.1. The van der Waals surface area contributed by atoms with Crippen molar-refractivity contribution in [1.29, 1.82) is 0 Å². The Kier molecular flexibility index (Phi) is 8.66. The third-order valence-electron chi connectivity index (χ3n) is 8.48. The molecule has 8 nitrogen and oxygen atoms in total. The summed E-state index contributed by atoms with van der Waals surface area (Å²) in [5.74, 6) is -2.03. The summed E-state index contributed by atoms with van der Waals surface area (Å²) in [6.07, 6.45) is 4.53. The van der Waals surface area contributed by atoms with Crippen LogP contribution in [-0.4, -0.2) is 82.2 Å². The van der Waals surface area contributed by atoms with Gasteiger partial charge in [0.25, 0.3) is 0 Å². The van der Waals surface area contributed by atoms with Crippen LogP contribution in [0.1, 0.15) is 47.0 Å². The fourth-order valence-electron chi connectivity index (χ4n) is 6.96. The van der Waals surface area contributed by atoms with Gasteiger partial charge in [-0.05, 0) is 51.2 Å². The number of benzene rings is 1. The first-order valence-electron chi connectivity index (χ1n) is 14.1. The zero-order chi connectivity index (χ0) is 28.5. The third-order valence-corrected chi connectivity index (χ3v) is 8.48. The molecule has 2 unspecified atom stereocenters. The van der Waals surface area contributed by atoms with Crippen LogP contribution in [-0.2, 0) is 19.1 Å². The van der Waals surface area contributed by atoms with E-state index in [1.54, 1.807) is 26.9 Å². The molecule has 6 atom stereocenters. The predicted octanol–water partition coefficient (Wildman–Crippen LogP) is 3.41. The summed E-state index contributed by atoms with van der Waals surface area (Å²) in [5, 5.41) is 10.5. The van der Waals surface area contributed by atoms with Crippen molar-refractivity contribution in [1.82, 2.24) is 9.80 Å². The summed E-state index contributed by atoms with van der Waals surface area (Å²) in [5.41, 5.74) is -0.395. The number of aliphatic hydroxyl groups excluding tert-OH is 1. The molecule has 3 aliphatic heterocycles. The van der Waals surface area contributed by atoms with Gasteiger partial charge in [0.05, 0.1) is 30.6 Å². The number of likely N-dealkylation sites (tertiary alicyclic amines) is 1.